The zero-order valence-corrected chi connectivity index (χ0v) is 10.2. The van der Waals surface area contributed by atoms with E-state index in [9.17, 15) is 4.79 Å². The predicted octanol–water partition coefficient (Wildman–Crippen LogP) is 3.31. The lowest BCUT2D eigenvalue weighted by atomic mass is 9.93. The second-order valence-corrected chi connectivity index (χ2v) is 4.36. The second kappa shape index (κ2) is 4.09. The van der Waals surface area contributed by atoms with Crippen molar-refractivity contribution >= 4 is 5.97 Å². The molecule has 0 bridgehead atoms. The van der Waals surface area contributed by atoms with Crippen LogP contribution < -0.4 is 0 Å². The molecule has 2 N–H and O–H groups in total. The lowest BCUT2D eigenvalue weighted by Crippen LogP contribution is -1.98. The van der Waals surface area contributed by atoms with Crippen LogP contribution in [0.15, 0.2) is 24.5 Å². The van der Waals surface area contributed by atoms with E-state index in [1.807, 2.05) is 20.8 Å². The Bertz CT molecular complexity index is 559. The topological polar surface area (TPSA) is 53.1 Å². The van der Waals surface area contributed by atoms with Crippen molar-refractivity contribution < 1.29 is 9.90 Å². The van der Waals surface area contributed by atoms with E-state index in [-0.39, 0.29) is 0 Å². The Hall–Kier alpha value is -2.03. The molecule has 1 heterocycles. The van der Waals surface area contributed by atoms with E-state index in [2.05, 4.69) is 17.1 Å². The predicted molar refractivity (Wildman–Crippen MR) is 67.4 cm³/mol. The molecule has 2 aromatic rings. The van der Waals surface area contributed by atoms with Gasteiger partial charge in [0.1, 0.15) is 0 Å². The van der Waals surface area contributed by atoms with Gasteiger partial charge in [0.15, 0.2) is 0 Å². The average molecular weight is 229 g/mol. The number of rotatable bonds is 2. The van der Waals surface area contributed by atoms with Crippen LogP contribution in [0.5, 0.6) is 0 Å². The Morgan fingerprint density at radius 1 is 1.12 bits per heavy atom. The number of aromatic amines is 1. The molecule has 3 nitrogen and oxygen atoms in total. The van der Waals surface area contributed by atoms with Gasteiger partial charge in [-0.2, -0.15) is 0 Å². The quantitative estimate of drug-likeness (QED) is 0.830. The molecule has 0 saturated heterocycles. The molecule has 3 heteroatoms. The van der Waals surface area contributed by atoms with E-state index in [1.165, 1.54) is 11.8 Å². The second-order valence-electron chi connectivity index (χ2n) is 4.36. The van der Waals surface area contributed by atoms with Crippen LogP contribution in [0, 0.1) is 20.8 Å². The molecule has 0 spiro atoms. The number of aromatic carboxylic acids is 1. The highest BCUT2D eigenvalue weighted by atomic mass is 16.4. The Morgan fingerprint density at radius 2 is 1.71 bits per heavy atom. The van der Waals surface area contributed by atoms with Gasteiger partial charge in [-0.1, -0.05) is 17.7 Å². The maximum atomic E-state index is 11.1. The van der Waals surface area contributed by atoms with E-state index in [4.69, 9.17) is 5.11 Å². The molecule has 2 rings (SSSR count). The lowest BCUT2D eigenvalue weighted by Gasteiger charge is -2.11. The summed E-state index contributed by atoms with van der Waals surface area (Å²) in [6, 6.07) is 4.14. The molecule has 0 fully saturated rings. The summed E-state index contributed by atoms with van der Waals surface area (Å²) in [5.41, 5.74) is 5.48. The number of benzene rings is 1. The maximum Gasteiger partial charge on any atom is 0.337 e. The minimum Gasteiger partial charge on any atom is -0.478 e. The molecule has 0 unspecified atom stereocenters. The van der Waals surface area contributed by atoms with Crippen molar-refractivity contribution in [3.05, 3.63) is 46.8 Å². The number of H-pyrrole nitrogens is 1. The van der Waals surface area contributed by atoms with Crippen LogP contribution in [0.2, 0.25) is 0 Å². The fraction of sp³-hybridized carbons (Fsp3) is 0.214. The van der Waals surface area contributed by atoms with Crippen molar-refractivity contribution in [3.63, 3.8) is 0 Å². The number of hydrogen-bond acceptors (Lipinski definition) is 1. The lowest BCUT2D eigenvalue weighted by molar-refractivity contribution is 0.0698. The first kappa shape index (κ1) is 11.5. The zero-order chi connectivity index (χ0) is 12.6. The average Bonchev–Trinajstić information content (AvgIpc) is 2.64. The van der Waals surface area contributed by atoms with Crippen molar-refractivity contribution in [3.8, 4) is 11.1 Å². The van der Waals surface area contributed by atoms with Crippen LogP contribution >= 0.6 is 0 Å². The Morgan fingerprint density at radius 3 is 2.24 bits per heavy atom. The molecule has 1 aromatic carbocycles. The monoisotopic (exact) mass is 229 g/mol. The van der Waals surface area contributed by atoms with Crippen LogP contribution in [0.4, 0.5) is 0 Å². The van der Waals surface area contributed by atoms with Gasteiger partial charge >= 0.3 is 5.97 Å². The van der Waals surface area contributed by atoms with E-state index in [0.717, 1.165) is 22.3 Å². The normalized spacial score (nSPS) is 10.5. The van der Waals surface area contributed by atoms with E-state index in [0.29, 0.717) is 5.56 Å². The molecule has 0 saturated carbocycles. The van der Waals surface area contributed by atoms with Gasteiger partial charge in [0, 0.05) is 18.0 Å². The molecule has 0 aliphatic heterocycles. The van der Waals surface area contributed by atoms with Gasteiger partial charge in [0.2, 0.25) is 0 Å². The summed E-state index contributed by atoms with van der Waals surface area (Å²) >= 11 is 0. The van der Waals surface area contributed by atoms with Crippen LogP contribution in [0.1, 0.15) is 27.0 Å². The third kappa shape index (κ3) is 1.96. The number of nitrogens with one attached hydrogen (secondary N) is 1. The van der Waals surface area contributed by atoms with Gasteiger partial charge in [-0.05, 0) is 37.5 Å². The summed E-state index contributed by atoms with van der Waals surface area (Å²) in [5.74, 6) is -0.902. The van der Waals surface area contributed by atoms with Gasteiger partial charge in [0.05, 0.1) is 5.56 Å². The number of carboxylic acid groups (broad SMARTS) is 1. The number of carboxylic acids is 1. The van der Waals surface area contributed by atoms with Crippen molar-refractivity contribution in [1.82, 2.24) is 4.98 Å². The number of aryl methyl sites for hydroxylation is 3. The minimum atomic E-state index is -0.902. The van der Waals surface area contributed by atoms with Crippen molar-refractivity contribution in [2.45, 2.75) is 20.8 Å². The summed E-state index contributed by atoms with van der Waals surface area (Å²) in [6.45, 7) is 6.06. The molecule has 0 radical (unpaired) electrons. The highest BCUT2D eigenvalue weighted by molar-refractivity contribution is 5.96. The minimum absolute atomic E-state index is 0.319. The molecule has 0 aliphatic carbocycles. The van der Waals surface area contributed by atoms with Crippen LogP contribution in [0.25, 0.3) is 11.1 Å². The Kier molecular flexibility index (Phi) is 2.76. The van der Waals surface area contributed by atoms with Crippen LogP contribution in [-0.2, 0) is 0 Å². The summed E-state index contributed by atoms with van der Waals surface area (Å²) < 4.78 is 0. The third-order valence-corrected chi connectivity index (χ3v) is 2.92. The highest BCUT2D eigenvalue weighted by Crippen LogP contribution is 2.30. The van der Waals surface area contributed by atoms with Gasteiger partial charge in [-0.3, -0.25) is 0 Å². The zero-order valence-electron chi connectivity index (χ0n) is 10.2. The maximum absolute atomic E-state index is 11.1. The summed E-state index contributed by atoms with van der Waals surface area (Å²) in [5, 5.41) is 9.13. The molecule has 0 amide bonds. The summed E-state index contributed by atoms with van der Waals surface area (Å²) in [7, 11) is 0. The van der Waals surface area contributed by atoms with Gasteiger partial charge in [-0.25, -0.2) is 4.79 Å². The number of hydrogen-bond donors (Lipinski definition) is 2. The largest absolute Gasteiger partial charge is 0.478 e. The summed E-state index contributed by atoms with van der Waals surface area (Å²) in [6.07, 6.45) is 3.27. The number of carbonyl (C=O) groups is 1. The smallest absolute Gasteiger partial charge is 0.337 e. The standard InChI is InChI=1S/C14H15NO2/c1-8-4-9(2)13(10(3)5-8)11-6-15-7-12(11)14(16)17/h4-7,15H,1-3H3,(H,16,17). The van der Waals surface area contributed by atoms with Crippen LogP contribution in [-0.4, -0.2) is 16.1 Å². The fourth-order valence-electron chi connectivity index (χ4n) is 2.35. The van der Waals surface area contributed by atoms with Gasteiger partial charge < -0.3 is 10.1 Å². The van der Waals surface area contributed by atoms with Gasteiger partial charge in [-0.15, -0.1) is 0 Å². The first-order valence-corrected chi connectivity index (χ1v) is 5.49. The molecule has 1 aromatic heterocycles. The molecule has 0 aliphatic rings. The third-order valence-electron chi connectivity index (χ3n) is 2.92. The van der Waals surface area contributed by atoms with Crippen molar-refractivity contribution in [2.24, 2.45) is 0 Å². The first-order chi connectivity index (χ1) is 8.00. The molecule has 0 atom stereocenters. The Labute approximate surface area is 100 Å². The molecular weight excluding hydrogens is 214 g/mol. The first-order valence-electron chi connectivity index (χ1n) is 5.49. The number of aromatic nitrogens is 1. The van der Waals surface area contributed by atoms with Crippen LogP contribution in [0.3, 0.4) is 0 Å². The van der Waals surface area contributed by atoms with E-state index in [1.54, 1.807) is 6.20 Å². The van der Waals surface area contributed by atoms with Gasteiger partial charge in [0.25, 0.3) is 0 Å². The van der Waals surface area contributed by atoms with Crippen molar-refractivity contribution in [2.75, 3.05) is 0 Å². The van der Waals surface area contributed by atoms with E-state index >= 15 is 0 Å². The van der Waals surface area contributed by atoms with E-state index < -0.39 is 5.97 Å². The SMILES string of the molecule is Cc1cc(C)c(-c2c[nH]cc2C(=O)O)c(C)c1. The molecule has 88 valence electrons. The van der Waals surface area contributed by atoms with Crippen molar-refractivity contribution in [1.29, 1.82) is 0 Å². The molecular formula is C14H15NO2. The Balaban J connectivity index is 2.69. The highest BCUT2D eigenvalue weighted by Gasteiger charge is 2.16. The molecule has 17 heavy (non-hydrogen) atoms. The summed E-state index contributed by atoms with van der Waals surface area (Å²) in [4.78, 5) is 14.0. The fourth-order valence-corrected chi connectivity index (χ4v) is 2.35.